The molecule has 1 aromatic heterocycles. The predicted octanol–water partition coefficient (Wildman–Crippen LogP) is 4.10. The van der Waals surface area contributed by atoms with Crippen LogP contribution in [0.25, 0.3) is 10.8 Å². The van der Waals surface area contributed by atoms with Crippen LogP contribution in [0.2, 0.25) is 0 Å². The normalized spacial score (nSPS) is 11.0. The van der Waals surface area contributed by atoms with E-state index in [4.69, 9.17) is 5.73 Å². The molecule has 0 atom stereocenters. The highest BCUT2D eigenvalue weighted by Gasteiger charge is 2.20. The van der Waals surface area contributed by atoms with Crippen molar-refractivity contribution in [2.24, 2.45) is 16.0 Å². The zero-order valence-corrected chi connectivity index (χ0v) is 16.1. The van der Waals surface area contributed by atoms with Crippen molar-refractivity contribution in [3.8, 4) is 5.75 Å². The molecule has 0 spiro atoms. The number of hydrogen-bond acceptors (Lipinski definition) is 7. The molecule has 0 saturated carbocycles. The van der Waals surface area contributed by atoms with Gasteiger partial charge in [-0.3, -0.25) is 9.59 Å². The van der Waals surface area contributed by atoms with Crippen LogP contribution in [0, 0.1) is 0 Å². The number of carbonyl (C=O) groups excluding carboxylic acids is 2. The van der Waals surface area contributed by atoms with Crippen LogP contribution in [0.5, 0.6) is 5.75 Å². The third kappa shape index (κ3) is 4.06. The Kier molecular flexibility index (Phi) is 5.31. The van der Waals surface area contributed by atoms with E-state index in [0.29, 0.717) is 16.5 Å². The Hall–Kier alpha value is -4.66. The first-order valence-corrected chi connectivity index (χ1v) is 9.18. The summed E-state index contributed by atoms with van der Waals surface area (Å²) in [5, 5.41) is 22.7. The molecular formula is C22H16N6O3. The molecule has 9 nitrogen and oxygen atoms in total. The maximum atomic E-state index is 13.0. The fourth-order valence-electron chi connectivity index (χ4n) is 3.02. The van der Waals surface area contributed by atoms with E-state index >= 15 is 0 Å². The van der Waals surface area contributed by atoms with Crippen molar-refractivity contribution in [2.45, 2.75) is 0 Å². The van der Waals surface area contributed by atoms with Crippen LogP contribution in [0.1, 0.15) is 20.8 Å². The highest BCUT2D eigenvalue weighted by atomic mass is 16.3. The lowest BCUT2D eigenvalue weighted by atomic mass is 10.0. The maximum Gasteiger partial charge on any atom is 0.271 e. The highest BCUT2D eigenvalue weighted by Crippen LogP contribution is 2.38. The number of phenols is 1. The van der Waals surface area contributed by atoms with E-state index in [0.717, 1.165) is 0 Å². The summed E-state index contributed by atoms with van der Waals surface area (Å²) in [6.45, 7) is 0. The van der Waals surface area contributed by atoms with Gasteiger partial charge in [-0.05, 0) is 29.0 Å². The van der Waals surface area contributed by atoms with Crippen LogP contribution in [-0.4, -0.2) is 26.9 Å². The first-order chi connectivity index (χ1) is 15.0. The molecule has 1 heterocycles. The lowest BCUT2D eigenvalue weighted by Gasteiger charge is -2.12. The lowest BCUT2D eigenvalue weighted by Crippen LogP contribution is -2.13. The Morgan fingerprint density at radius 3 is 2.42 bits per heavy atom. The number of anilines is 1. The fourth-order valence-corrected chi connectivity index (χ4v) is 3.02. The number of rotatable bonds is 5. The minimum Gasteiger partial charge on any atom is -0.505 e. The molecule has 0 saturated heterocycles. The van der Waals surface area contributed by atoms with Crippen molar-refractivity contribution in [1.29, 1.82) is 0 Å². The molecule has 0 fully saturated rings. The SMILES string of the molecule is NC(=O)c1nccnc1/N=N/c1cc2ccccc2c(C(=O)Nc2ccccc2)c1O. The number of benzene rings is 3. The fraction of sp³-hybridized carbons (Fsp3) is 0. The zero-order chi connectivity index (χ0) is 21.8. The molecule has 4 N–H and O–H groups in total. The summed E-state index contributed by atoms with van der Waals surface area (Å²) in [5.74, 6) is -1.78. The van der Waals surface area contributed by atoms with E-state index in [2.05, 4.69) is 25.5 Å². The number of nitrogens with zero attached hydrogens (tertiary/aromatic N) is 4. The van der Waals surface area contributed by atoms with Crippen LogP contribution in [0.4, 0.5) is 17.2 Å². The van der Waals surface area contributed by atoms with Gasteiger partial charge in [0.15, 0.2) is 11.4 Å². The number of primary amides is 1. The van der Waals surface area contributed by atoms with Crippen molar-refractivity contribution >= 4 is 39.8 Å². The van der Waals surface area contributed by atoms with Gasteiger partial charge in [0.2, 0.25) is 5.82 Å². The summed E-state index contributed by atoms with van der Waals surface area (Å²) in [6, 6.07) is 17.5. The summed E-state index contributed by atoms with van der Waals surface area (Å²) in [6.07, 6.45) is 2.64. The number of nitrogens with two attached hydrogens (primary N) is 1. The summed E-state index contributed by atoms with van der Waals surface area (Å²) in [7, 11) is 0. The number of hydrogen-bond donors (Lipinski definition) is 3. The Morgan fingerprint density at radius 1 is 0.935 bits per heavy atom. The van der Waals surface area contributed by atoms with Gasteiger partial charge >= 0.3 is 0 Å². The molecule has 4 rings (SSSR count). The standard InChI is InChI=1S/C22H16N6O3/c23-20(30)18-21(25-11-10-24-18)28-27-16-12-13-6-4-5-9-15(13)17(19(16)29)22(31)26-14-7-2-1-3-8-14/h1-12,29H,(H2,23,30)(H,26,31)/b28-27+. The number of fused-ring (bicyclic) bond motifs is 1. The highest BCUT2D eigenvalue weighted by molar-refractivity contribution is 6.16. The molecular weight excluding hydrogens is 396 g/mol. The van der Waals surface area contributed by atoms with Crippen LogP contribution < -0.4 is 11.1 Å². The number of aromatic hydroxyl groups is 1. The molecule has 0 unspecified atom stereocenters. The number of para-hydroxylation sites is 1. The van der Waals surface area contributed by atoms with Crippen LogP contribution in [0.15, 0.2) is 83.3 Å². The summed E-state index contributed by atoms with van der Waals surface area (Å²) in [4.78, 5) is 32.3. The largest absolute Gasteiger partial charge is 0.505 e. The number of phenolic OH excluding ortho intramolecular Hbond substituents is 1. The molecule has 0 radical (unpaired) electrons. The van der Waals surface area contributed by atoms with Crippen molar-refractivity contribution in [1.82, 2.24) is 9.97 Å². The van der Waals surface area contributed by atoms with Gasteiger partial charge in [0.05, 0.1) is 5.56 Å². The topological polar surface area (TPSA) is 143 Å². The van der Waals surface area contributed by atoms with Crippen molar-refractivity contribution in [3.05, 3.63) is 84.3 Å². The van der Waals surface area contributed by atoms with Crippen LogP contribution in [0.3, 0.4) is 0 Å². The van der Waals surface area contributed by atoms with Crippen LogP contribution in [-0.2, 0) is 0 Å². The van der Waals surface area contributed by atoms with Gasteiger partial charge in [-0.15, -0.1) is 10.2 Å². The molecule has 152 valence electrons. The van der Waals surface area contributed by atoms with Crippen molar-refractivity contribution in [3.63, 3.8) is 0 Å². The van der Waals surface area contributed by atoms with E-state index in [1.807, 2.05) is 6.07 Å². The Morgan fingerprint density at radius 2 is 1.65 bits per heavy atom. The second-order valence-electron chi connectivity index (χ2n) is 6.45. The first kappa shape index (κ1) is 19.6. The molecule has 0 aliphatic heterocycles. The number of amides is 2. The quantitative estimate of drug-likeness (QED) is 0.423. The van der Waals surface area contributed by atoms with Gasteiger partial charge in [-0.25, -0.2) is 9.97 Å². The van der Waals surface area contributed by atoms with Gasteiger partial charge in [0.25, 0.3) is 11.8 Å². The molecule has 0 bridgehead atoms. The Balaban J connectivity index is 1.80. The zero-order valence-electron chi connectivity index (χ0n) is 16.1. The Labute approximate surface area is 176 Å². The van der Waals surface area contributed by atoms with E-state index < -0.39 is 11.8 Å². The van der Waals surface area contributed by atoms with Crippen molar-refractivity contribution < 1.29 is 14.7 Å². The Bertz CT molecular complexity index is 1320. The monoisotopic (exact) mass is 412 g/mol. The number of azo groups is 1. The summed E-state index contributed by atoms with van der Waals surface area (Å²) in [5.41, 5.74) is 5.77. The van der Waals surface area contributed by atoms with E-state index in [1.54, 1.807) is 54.6 Å². The minimum atomic E-state index is -0.812. The van der Waals surface area contributed by atoms with Gasteiger partial charge in [-0.2, -0.15) is 0 Å². The molecule has 4 aromatic rings. The van der Waals surface area contributed by atoms with Gasteiger partial charge in [0.1, 0.15) is 5.69 Å². The summed E-state index contributed by atoms with van der Waals surface area (Å²) < 4.78 is 0. The van der Waals surface area contributed by atoms with Crippen molar-refractivity contribution in [2.75, 3.05) is 5.32 Å². The third-order valence-electron chi connectivity index (χ3n) is 4.43. The van der Waals surface area contributed by atoms with Gasteiger partial charge in [-0.1, -0.05) is 42.5 Å². The number of aromatic nitrogens is 2. The predicted molar refractivity (Wildman–Crippen MR) is 115 cm³/mol. The second-order valence-corrected chi connectivity index (χ2v) is 6.45. The average molecular weight is 412 g/mol. The average Bonchev–Trinajstić information content (AvgIpc) is 2.78. The van der Waals surface area contributed by atoms with Gasteiger partial charge < -0.3 is 16.2 Å². The third-order valence-corrected chi connectivity index (χ3v) is 4.43. The molecule has 0 aliphatic carbocycles. The smallest absolute Gasteiger partial charge is 0.271 e. The summed E-state index contributed by atoms with van der Waals surface area (Å²) >= 11 is 0. The molecule has 31 heavy (non-hydrogen) atoms. The maximum absolute atomic E-state index is 13.0. The first-order valence-electron chi connectivity index (χ1n) is 9.18. The number of nitrogens with one attached hydrogen (secondary N) is 1. The van der Waals surface area contributed by atoms with Gasteiger partial charge in [0, 0.05) is 18.1 Å². The minimum absolute atomic E-state index is 0.0259. The molecule has 3 aromatic carbocycles. The second kappa shape index (κ2) is 8.37. The molecule has 0 aliphatic rings. The van der Waals surface area contributed by atoms with E-state index in [9.17, 15) is 14.7 Å². The van der Waals surface area contributed by atoms with Crippen LogP contribution >= 0.6 is 0 Å². The molecule has 2 amide bonds. The lowest BCUT2D eigenvalue weighted by molar-refractivity contribution is 0.0993. The van der Waals surface area contributed by atoms with E-state index in [1.165, 1.54) is 12.4 Å². The molecule has 9 heteroatoms. The van der Waals surface area contributed by atoms with E-state index in [-0.39, 0.29) is 28.5 Å². The number of carbonyl (C=O) groups is 2.